The number of carbonyl (C=O) groups excluding carboxylic acids is 1. The lowest BCUT2D eigenvalue weighted by Gasteiger charge is -2.07. The number of hydrogen-bond donors (Lipinski definition) is 3. The number of aromatic amines is 1. The van der Waals surface area contributed by atoms with Crippen LogP contribution in [-0.4, -0.2) is 23.5 Å². The molecule has 0 saturated heterocycles. The molecule has 27 heavy (non-hydrogen) atoms. The molecular weight excluding hydrogens is 362 g/mol. The molecule has 1 aliphatic heterocycles. The van der Waals surface area contributed by atoms with Crippen molar-refractivity contribution in [2.24, 2.45) is 0 Å². The molecule has 2 heterocycles. The number of rotatable bonds is 6. The van der Waals surface area contributed by atoms with Crippen molar-refractivity contribution in [3.8, 4) is 0 Å². The van der Waals surface area contributed by atoms with Gasteiger partial charge in [-0.1, -0.05) is 41.9 Å². The molecule has 0 bridgehead atoms. The Balaban J connectivity index is 1.31. The zero-order chi connectivity index (χ0) is 18.6. The molecular formula is C21H20ClN3O2. The molecule has 1 aliphatic rings. The minimum atomic E-state index is -0.163. The van der Waals surface area contributed by atoms with Crippen molar-refractivity contribution in [3.05, 3.63) is 82.7 Å². The summed E-state index contributed by atoms with van der Waals surface area (Å²) in [6.07, 6.45) is 5.07. The summed E-state index contributed by atoms with van der Waals surface area (Å²) in [5.41, 5.74) is 6.52. The Morgan fingerprint density at radius 3 is 2.89 bits per heavy atom. The van der Waals surface area contributed by atoms with Crippen molar-refractivity contribution in [3.63, 3.8) is 0 Å². The van der Waals surface area contributed by atoms with Crippen LogP contribution in [0.5, 0.6) is 0 Å². The third-order valence-electron chi connectivity index (χ3n) is 4.61. The minimum absolute atomic E-state index is 0.149. The maximum atomic E-state index is 12.3. The quantitative estimate of drug-likeness (QED) is 0.612. The molecule has 1 unspecified atom stereocenters. The lowest BCUT2D eigenvalue weighted by Crippen LogP contribution is -2.31. The van der Waals surface area contributed by atoms with Crippen LogP contribution in [0.1, 0.15) is 11.1 Å². The Morgan fingerprint density at radius 2 is 2.04 bits per heavy atom. The highest BCUT2D eigenvalue weighted by Gasteiger charge is 2.21. The fourth-order valence-electron chi connectivity index (χ4n) is 3.23. The molecule has 3 N–H and O–H groups in total. The number of nitrogens with one attached hydrogen (secondary N) is 3. The van der Waals surface area contributed by atoms with Gasteiger partial charge in [-0.05, 0) is 41.8 Å². The first-order valence-electron chi connectivity index (χ1n) is 8.90. The van der Waals surface area contributed by atoms with Crippen molar-refractivity contribution < 1.29 is 9.63 Å². The van der Waals surface area contributed by atoms with Crippen LogP contribution < -0.4 is 10.8 Å². The summed E-state index contributed by atoms with van der Waals surface area (Å²) in [6, 6.07) is 15.8. The van der Waals surface area contributed by atoms with Gasteiger partial charge in [0.15, 0.2) is 0 Å². The summed E-state index contributed by atoms with van der Waals surface area (Å²) in [6.45, 7) is 0.528. The highest BCUT2D eigenvalue weighted by molar-refractivity contribution is 6.31. The Bertz CT molecular complexity index is 982. The molecule has 0 radical (unpaired) electrons. The van der Waals surface area contributed by atoms with Gasteiger partial charge in [0.05, 0.1) is 0 Å². The van der Waals surface area contributed by atoms with Gasteiger partial charge >= 0.3 is 0 Å². The highest BCUT2D eigenvalue weighted by Crippen LogP contribution is 2.22. The molecule has 0 fully saturated rings. The van der Waals surface area contributed by atoms with Crippen molar-refractivity contribution in [2.75, 3.05) is 6.54 Å². The van der Waals surface area contributed by atoms with Gasteiger partial charge in [0.25, 0.3) is 5.91 Å². The topological polar surface area (TPSA) is 66.2 Å². The zero-order valence-electron chi connectivity index (χ0n) is 14.7. The Kier molecular flexibility index (Phi) is 5.14. The average molecular weight is 382 g/mol. The van der Waals surface area contributed by atoms with Gasteiger partial charge < -0.3 is 10.3 Å². The van der Waals surface area contributed by atoms with E-state index >= 15 is 0 Å². The molecule has 0 saturated carbocycles. The molecule has 1 aromatic heterocycles. The van der Waals surface area contributed by atoms with E-state index in [9.17, 15) is 4.79 Å². The Hall–Kier alpha value is -2.76. The van der Waals surface area contributed by atoms with E-state index in [0.717, 1.165) is 22.9 Å². The molecule has 0 aliphatic carbocycles. The van der Waals surface area contributed by atoms with Crippen molar-refractivity contribution in [1.29, 1.82) is 0 Å². The first-order valence-corrected chi connectivity index (χ1v) is 9.28. The molecule has 6 heteroatoms. The third-order valence-corrected chi connectivity index (χ3v) is 4.84. The fourth-order valence-corrected chi connectivity index (χ4v) is 3.40. The van der Waals surface area contributed by atoms with Crippen LogP contribution in [0.15, 0.2) is 66.5 Å². The first kappa shape index (κ1) is 17.6. The van der Waals surface area contributed by atoms with E-state index in [4.69, 9.17) is 16.4 Å². The van der Waals surface area contributed by atoms with Crippen molar-refractivity contribution >= 4 is 28.4 Å². The second-order valence-corrected chi connectivity index (χ2v) is 6.97. The maximum Gasteiger partial charge on any atom is 0.269 e. The third kappa shape index (κ3) is 4.15. The second-order valence-electron chi connectivity index (χ2n) is 6.54. The van der Waals surface area contributed by atoms with Gasteiger partial charge in [0.1, 0.15) is 11.8 Å². The predicted octanol–water partition coefficient (Wildman–Crippen LogP) is 3.51. The van der Waals surface area contributed by atoms with Crippen LogP contribution in [-0.2, 0) is 22.5 Å². The molecule has 1 atom stereocenters. The number of benzene rings is 2. The smallest absolute Gasteiger partial charge is 0.269 e. The van der Waals surface area contributed by atoms with E-state index in [1.165, 1.54) is 5.56 Å². The van der Waals surface area contributed by atoms with E-state index in [-0.39, 0.29) is 12.0 Å². The molecule has 138 valence electrons. The highest BCUT2D eigenvalue weighted by atomic mass is 35.5. The van der Waals surface area contributed by atoms with Crippen molar-refractivity contribution in [1.82, 2.24) is 15.8 Å². The van der Waals surface area contributed by atoms with Crippen LogP contribution >= 0.6 is 11.6 Å². The molecule has 0 spiro atoms. The lowest BCUT2D eigenvalue weighted by molar-refractivity contribution is -0.118. The lowest BCUT2D eigenvalue weighted by atomic mass is 10.1. The number of hydroxylamine groups is 1. The Morgan fingerprint density at radius 1 is 1.19 bits per heavy atom. The summed E-state index contributed by atoms with van der Waals surface area (Å²) in [5.74, 6) is -0.163. The van der Waals surface area contributed by atoms with Gasteiger partial charge in [-0.15, -0.1) is 0 Å². The number of fused-ring (bicyclic) bond motifs is 1. The van der Waals surface area contributed by atoms with Crippen LogP contribution in [0.2, 0.25) is 5.02 Å². The number of H-pyrrole nitrogens is 1. The minimum Gasteiger partial charge on any atom is -0.361 e. The van der Waals surface area contributed by atoms with E-state index in [1.54, 1.807) is 0 Å². The maximum absolute atomic E-state index is 12.3. The molecule has 1 amide bonds. The monoisotopic (exact) mass is 381 g/mol. The van der Waals surface area contributed by atoms with E-state index in [1.807, 2.05) is 60.8 Å². The summed E-state index contributed by atoms with van der Waals surface area (Å²) >= 11 is 6.08. The van der Waals surface area contributed by atoms with Crippen molar-refractivity contribution in [2.45, 2.75) is 18.9 Å². The average Bonchev–Trinajstić information content (AvgIpc) is 3.30. The molecule has 2 aromatic carbocycles. The standard InChI is InChI=1S/C21H20ClN3O2/c22-16-6-7-19-18(11-16)15(13-24-19)8-9-23-21(26)20-12-17(27-25-20)10-14-4-2-1-3-5-14/h1-7,11-13,17,24-25H,8-10H2,(H,23,26). The van der Waals surface area contributed by atoms with Gasteiger partial charge in [-0.3, -0.25) is 15.1 Å². The number of carbonyl (C=O) groups is 1. The van der Waals surface area contributed by atoms with E-state index in [0.29, 0.717) is 23.7 Å². The van der Waals surface area contributed by atoms with E-state index in [2.05, 4.69) is 15.8 Å². The zero-order valence-corrected chi connectivity index (χ0v) is 15.4. The van der Waals surface area contributed by atoms with Crippen LogP contribution in [0, 0.1) is 0 Å². The summed E-state index contributed by atoms with van der Waals surface area (Å²) in [4.78, 5) is 21.1. The van der Waals surface area contributed by atoms with Crippen LogP contribution in [0.3, 0.4) is 0 Å². The van der Waals surface area contributed by atoms with E-state index < -0.39 is 0 Å². The second kappa shape index (κ2) is 7.86. The molecule has 4 rings (SSSR count). The number of aromatic nitrogens is 1. The fraction of sp³-hybridized carbons (Fsp3) is 0.190. The Labute approximate surface area is 162 Å². The van der Waals surface area contributed by atoms with Gasteiger partial charge in [0, 0.05) is 35.1 Å². The van der Waals surface area contributed by atoms with Gasteiger partial charge in [-0.25, -0.2) is 0 Å². The first-order chi connectivity index (χ1) is 13.2. The summed E-state index contributed by atoms with van der Waals surface area (Å²) in [5, 5.41) is 4.72. The van der Waals surface area contributed by atoms with Crippen LogP contribution in [0.25, 0.3) is 10.9 Å². The molecule has 5 nitrogen and oxygen atoms in total. The number of amides is 1. The predicted molar refractivity (Wildman–Crippen MR) is 106 cm³/mol. The molecule has 3 aromatic rings. The largest absolute Gasteiger partial charge is 0.361 e. The number of halogens is 1. The van der Waals surface area contributed by atoms with Gasteiger partial charge in [0.2, 0.25) is 0 Å². The summed E-state index contributed by atoms with van der Waals surface area (Å²) in [7, 11) is 0. The number of hydrogen-bond acceptors (Lipinski definition) is 3. The summed E-state index contributed by atoms with van der Waals surface area (Å²) < 4.78 is 0. The SMILES string of the molecule is O=C(NCCc1c[nH]c2ccc(Cl)cc12)C1=CC(Cc2ccccc2)ON1. The normalized spacial score (nSPS) is 16.2. The van der Waals surface area contributed by atoms with Gasteiger partial charge in [-0.2, -0.15) is 0 Å². The van der Waals surface area contributed by atoms with Crippen LogP contribution in [0.4, 0.5) is 0 Å².